The van der Waals surface area contributed by atoms with E-state index in [2.05, 4.69) is 14.9 Å². The van der Waals surface area contributed by atoms with Crippen molar-refractivity contribution in [2.75, 3.05) is 18.1 Å². The molecule has 0 aliphatic heterocycles. The molecule has 1 aromatic heterocycles. The molecular weight excluding hydrogens is 202 g/mol. The molecule has 0 atom stereocenters. The van der Waals surface area contributed by atoms with Crippen molar-refractivity contribution in [2.24, 2.45) is 0 Å². The first-order chi connectivity index (χ1) is 7.72. The van der Waals surface area contributed by atoms with Crippen LogP contribution in [0.1, 0.15) is 30.5 Å². The van der Waals surface area contributed by atoms with Crippen LogP contribution >= 0.6 is 0 Å². The molecule has 0 amide bonds. The molecule has 2 rings (SSSR count). The number of nitrogens with zero attached hydrogens (tertiary/aromatic N) is 3. The Labute approximate surface area is 96.3 Å². The third-order valence-electron chi connectivity index (χ3n) is 3.33. The van der Waals surface area contributed by atoms with E-state index < -0.39 is 0 Å². The largest absolute Gasteiger partial charge is 0.395 e. The van der Waals surface area contributed by atoms with E-state index >= 15 is 0 Å². The predicted octanol–water partition coefficient (Wildman–Crippen LogP) is 1.44. The van der Waals surface area contributed by atoms with Gasteiger partial charge in [-0.1, -0.05) is 0 Å². The Morgan fingerprint density at radius 3 is 2.69 bits per heavy atom. The zero-order valence-corrected chi connectivity index (χ0v) is 9.98. The Kier molecular flexibility index (Phi) is 3.39. The van der Waals surface area contributed by atoms with E-state index in [1.165, 1.54) is 19.3 Å². The molecule has 0 saturated heterocycles. The topological polar surface area (TPSA) is 49.2 Å². The number of anilines is 1. The minimum atomic E-state index is 0.160. The van der Waals surface area contributed by atoms with Crippen molar-refractivity contribution < 1.29 is 5.11 Å². The number of aromatic nitrogens is 2. The lowest BCUT2D eigenvalue weighted by Crippen LogP contribution is -2.43. The summed E-state index contributed by atoms with van der Waals surface area (Å²) in [7, 11) is 0. The lowest BCUT2D eigenvalue weighted by molar-refractivity contribution is 0.282. The van der Waals surface area contributed by atoms with Crippen molar-refractivity contribution in [2.45, 2.75) is 39.2 Å². The maximum Gasteiger partial charge on any atom is 0.225 e. The van der Waals surface area contributed by atoms with Crippen LogP contribution in [0.4, 0.5) is 5.95 Å². The number of aryl methyl sites for hydroxylation is 2. The molecule has 1 aromatic rings. The highest BCUT2D eigenvalue weighted by atomic mass is 16.3. The summed E-state index contributed by atoms with van der Waals surface area (Å²) in [6, 6.07) is 0.522. The van der Waals surface area contributed by atoms with Crippen molar-refractivity contribution in [3.8, 4) is 0 Å². The van der Waals surface area contributed by atoms with Gasteiger partial charge >= 0.3 is 0 Å². The van der Waals surface area contributed by atoms with Gasteiger partial charge < -0.3 is 10.0 Å². The van der Waals surface area contributed by atoms with Gasteiger partial charge in [0.15, 0.2) is 0 Å². The van der Waals surface area contributed by atoms with E-state index in [4.69, 9.17) is 5.11 Å². The number of aliphatic hydroxyl groups excluding tert-OH is 1. The first-order valence-corrected chi connectivity index (χ1v) is 5.90. The third-order valence-corrected chi connectivity index (χ3v) is 3.33. The van der Waals surface area contributed by atoms with E-state index in [0.29, 0.717) is 12.6 Å². The Balaban J connectivity index is 2.20. The van der Waals surface area contributed by atoms with Crippen molar-refractivity contribution in [3.63, 3.8) is 0 Å². The van der Waals surface area contributed by atoms with Gasteiger partial charge in [0.25, 0.3) is 0 Å². The molecule has 88 valence electrons. The first kappa shape index (κ1) is 11.3. The van der Waals surface area contributed by atoms with Crippen LogP contribution in [0.25, 0.3) is 0 Å². The lowest BCUT2D eigenvalue weighted by atomic mass is 9.92. The van der Waals surface area contributed by atoms with Gasteiger partial charge in [-0.3, -0.25) is 0 Å². The van der Waals surface area contributed by atoms with Gasteiger partial charge in [0.1, 0.15) is 0 Å². The van der Waals surface area contributed by atoms with Gasteiger partial charge in [-0.05, 0) is 38.7 Å². The number of rotatable bonds is 4. The van der Waals surface area contributed by atoms with Crippen molar-refractivity contribution in [1.29, 1.82) is 0 Å². The molecule has 0 unspecified atom stereocenters. The van der Waals surface area contributed by atoms with Crippen LogP contribution in [0.5, 0.6) is 0 Å². The number of hydrogen-bond acceptors (Lipinski definition) is 4. The summed E-state index contributed by atoms with van der Waals surface area (Å²) in [5.74, 6) is 0.766. The summed E-state index contributed by atoms with van der Waals surface area (Å²) >= 11 is 0. The zero-order valence-electron chi connectivity index (χ0n) is 9.98. The van der Waals surface area contributed by atoms with E-state index in [1.807, 2.05) is 20.0 Å². The predicted molar refractivity (Wildman–Crippen MR) is 63.6 cm³/mol. The molecule has 0 aromatic carbocycles. The minimum absolute atomic E-state index is 0.160. The second-order valence-corrected chi connectivity index (χ2v) is 4.44. The van der Waals surface area contributed by atoms with Gasteiger partial charge in [-0.2, -0.15) is 0 Å². The molecular formula is C12H19N3O. The Morgan fingerprint density at radius 1 is 1.44 bits per heavy atom. The third kappa shape index (κ3) is 2.16. The van der Waals surface area contributed by atoms with Gasteiger partial charge in [-0.25, -0.2) is 9.97 Å². The minimum Gasteiger partial charge on any atom is -0.395 e. The maximum absolute atomic E-state index is 9.09. The van der Waals surface area contributed by atoms with Crippen molar-refractivity contribution in [3.05, 3.63) is 17.5 Å². The fourth-order valence-corrected chi connectivity index (χ4v) is 1.91. The molecule has 1 saturated carbocycles. The van der Waals surface area contributed by atoms with E-state index in [1.54, 1.807) is 0 Å². The molecule has 0 spiro atoms. The van der Waals surface area contributed by atoms with E-state index in [-0.39, 0.29) is 6.61 Å². The molecule has 4 heteroatoms. The summed E-state index contributed by atoms with van der Waals surface area (Å²) < 4.78 is 0. The normalized spacial score (nSPS) is 15.9. The number of hydrogen-bond donors (Lipinski definition) is 1. The number of aliphatic hydroxyl groups is 1. The molecule has 4 nitrogen and oxygen atoms in total. The van der Waals surface area contributed by atoms with Crippen LogP contribution in [0.3, 0.4) is 0 Å². The average Bonchev–Trinajstić information content (AvgIpc) is 2.19. The lowest BCUT2D eigenvalue weighted by Gasteiger charge is -2.37. The molecule has 1 aliphatic rings. The second kappa shape index (κ2) is 4.78. The van der Waals surface area contributed by atoms with Crippen molar-refractivity contribution in [1.82, 2.24) is 9.97 Å². The highest BCUT2D eigenvalue weighted by Crippen LogP contribution is 2.27. The average molecular weight is 221 g/mol. The highest BCUT2D eigenvalue weighted by molar-refractivity contribution is 5.34. The van der Waals surface area contributed by atoms with Gasteiger partial charge in [-0.15, -0.1) is 0 Å². The van der Waals surface area contributed by atoms with Crippen LogP contribution in [0, 0.1) is 13.8 Å². The Morgan fingerprint density at radius 2 is 2.19 bits per heavy atom. The van der Waals surface area contributed by atoms with Crippen LogP contribution in [0.15, 0.2) is 6.20 Å². The summed E-state index contributed by atoms with van der Waals surface area (Å²) in [5, 5.41) is 9.09. The van der Waals surface area contributed by atoms with E-state index in [9.17, 15) is 0 Å². The van der Waals surface area contributed by atoms with Gasteiger partial charge in [0.05, 0.1) is 6.61 Å². The second-order valence-electron chi connectivity index (χ2n) is 4.44. The quantitative estimate of drug-likeness (QED) is 0.836. The fraction of sp³-hybridized carbons (Fsp3) is 0.667. The standard InChI is InChI=1S/C12H19N3O/c1-9-8-13-12(14-10(9)2)15(6-7-16)11-4-3-5-11/h8,11,16H,3-7H2,1-2H3. The summed E-state index contributed by atoms with van der Waals surface area (Å²) in [5.41, 5.74) is 2.13. The van der Waals surface area contributed by atoms with Crippen LogP contribution in [-0.2, 0) is 0 Å². The summed E-state index contributed by atoms with van der Waals surface area (Å²) in [6.07, 6.45) is 5.52. The molecule has 16 heavy (non-hydrogen) atoms. The first-order valence-electron chi connectivity index (χ1n) is 5.90. The van der Waals surface area contributed by atoms with Crippen molar-refractivity contribution >= 4 is 5.95 Å². The molecule has 0 bridgehead atoms. The highest BCUT2D eigenvalue weighted by Gasteiger charge is 2.26. The monoisotopic (exact) mass is 221 g/mol. The molecule has 1 heterocycles. The van der Waals surface area contributed by atoms with Crippen LogP contribution in [0.2, 0.25) is 0 Å². The smallest absolute Gasteiger partial charge is 0.225 e. The Bertz CT molecular complexity index is 363. The van der Waals surface area contributed by atoms with Crippen LogP contribution in [-0.4, -0.2) is 34.3 Å². The zero-order chi connectivity index (χ0) is 11.5. The summed E-state index contributed by atoms with van der Waals surface area (Å²) in [6.45, 7) is 4.80. The molecule has 0 radical (unpaired) electrons. The van der Waals surface area contributed by atoms with Crippen LogP contribution < -0.4 is 4.90 Å². The molecule has 1 fully saturated rings. The van der Waals surface area contributed by atoms with E-state index in [0.717, 1.165) is 17.2 Å². The molecule has 1 aliphatic carbocycles. The fourth-order valence-electron chi connectivity index (χ4n) is 1.91. The summed E-state index contributed by atoms with van der Waals surface area (Å²) in [4.78, 5) is 11.0. The van der Waals surface area contributed by atoms with Gasteiger partial charge in [0.2, 0.25) is 5.95 Å². The Hall–Kier alpha value is -1.16. The van der Waals surface area contributed by atoms with Gasteiger partial charge in [0, 0.05) is 24.5 Å². The SMILES string of the molecule is Cc1cnc(N(CCO)C2CCC2)nc1C. The maximum atomic E-state index is 9.09. The molecule has 1 N–H and O–H groups in total.